The predicted octanol–water partition coefficient (Wildman–Crippen LogP) is 0.905. The van der Waals surface area contributed by atoms with Crippen molar-refractivity contribution in [3.8, 4) is 0 Å². The lowest BCUT2D eigenvalue weighted by Crippen LogP contribution is -2.53. The van der Waals surface area contributed by atoms with Crippen LogP contribution < -0.4 is 5.73 Å². The van der Waals surface area contributed by atoms with Gasteiger partial charge in [0.25, 0.3) is 5.91 Å². The van der Waals surface area contributed by atoms with Crippen molar-refractivity contribution in [3.05, 3.63) is 35.4 Å². The number of fused-ring (bicyclic) bond motifs is 1. The molecule has 1 aromatic rings. The molecular formula is C13H16N2O2. The molecule has 17 heavy (non-hydrogen) atoms. The number of benzene rings is 1. The van der Waals surface area contributed by atoms with E-state index < -0.39 is 5.41 Å². The minimum Gasteiger partial charge on any atom is -0.329 e. The molecule has 0 saturated carbocycles. The van der Waals surface area contributed by atoms with Crippen molar-refractivity contribution in [2.75, 3.05) is 13.1 Å². The van der Waals surface area contributed by atoms with Gasteiger partial charge in [-0.15, -0.1) is 0 Å². The third-order valence-corrected chi connectivity index (χ3v) is 3.21. The van der Waals surface area contributed by atoms with Crippen molar-refractivity contribution in [1.82, 2.24) is 4.90 Å². The van der Waals surface area contributed by atoms with Gasteiger partial charge in [-0.25, -0.2) is 0 Å². The first kappa shape index (κ1) is 11.8. The maximum Gasteiger partial charge on any atom is 0.260 e. The normalized spacial score (nSPS) is 18.2. The van der Waals surface area contributed by atoms with E-state index in [1.165, 1.54) is 4.90 Å². The maximum absolute atomic E-state index is 12.3. The van der Waals surface area contributed by atoms with Gasteiger partial charge in [0.05, 0.1) is 5.41 Å². The van der Waals surface area contributed by atoms with Crippen LogP contribution in [-0.4, -0.2) is 29.8 Å². The average Bonchev–Trinajstić information content (AvgIpc) is 2.33. The van der Waals surface area contributed by atoms with Gasteiger partial charge in [-0.05, 0) is 25.5 Å². The van der Waals surface area contributed by atoms with E-state index in [4.69, 9.17) is 5.73 Å². The largest absolute Gasteiger partial charge is 0.329 e. The molecule has 0 unspecified atom stereocenters. The van der Waals surface area contributed by atoms with Crippen molar-refractivity contribution in [2.45, 2.75) is 19.3 Å². The van der Waals surface area contributed by atoms with Crippen molar-refractivity contribution in [1.29, 1.82) is 0 Å². The lowest BCUT2D eigenvalue weighted by atomic mass is 9.77. The Kier molecular flexibility index (Phi) is 2.75. The smallest absolute Gasteiger partial charge is 0.260 e. The van der Waals surface area contributed by atoms with Crippen LogP contribution in [0.4, 0.5) is 0 Å². The summed E-state index contributed by atoms with van der Waals surface area (Å²) in [7, 11) is 0. The van der Waals surface area contributed by atoms with E-state index in [2.05, 4.69) is 0 Å². The van der Waals surface area contributed by atoms with Crippen LogP contribution in [0.1, 0.15) is 29.8 Å². The quantitative estimate of drug-likeness (QED) is 0.771. The Balaban J connectivity index is 2.58. The van der Waals surface area contributed by atoms with Crippen molar-refractivity contribution in [2.24, 2.45) is 5.73 Å². The Bertz CT molecular complexity index is 480. The van der Waals surface area contributed by atoms with Crippen LogP contribution >= 0.6 is 0 Å². The maximum atomic E-state index is 12.3. The lowest BCUT2D eigenvalue weighted by Gasteiger charge is -2.37. The van der Waals surface area contributed by atoms with Gasteiger partial charge in [0.2, 0.25) is 5.91 Å². The summed E-state index contributed by atoms with van der Waals surface area (Å²) in [4.78, 5) is 25.7. The van der Waals surface area contributed by atoms with E-state index >= 15 is 0 Å². The van der Waals surface area contributed by atoms with E-state index in [1.807, 2.05) is 32.0 Å². The number of rotatable bonds is 2. The number of imide groups is 1. The Hall–Kier alpha value is -1.68. The summed E-state index contributed by atoms with van der Waals surface area (Å²) in [5.41, 5.74) is 6.18. The molecule has 90 valence electrons. The second-order valence-electron chi connectivity index (χ2n) is 4.72. The van der Waals surface area contributed by atoms with Crippen LogP contribution in [0.15, 0.2) is 24.3 Å². The topological polar surface area (TPSA) is 63.4 Å². The second kappa shape index (κ2) is 3.96. The van der Waals surface area contributed by atoms with Crippen molar-refractivity contribution < 1.29 is 9.59 Å². The number of nitrogens with zero attached hydrogens (tertiary/aromatic N) is 1. The molecule has 0 fully saturated rings. The minimum atomic E-state index is -0.667. The van der Waals surface area contributed by atoms with Crippen LogP contribution in [0.3, 0.4) is 0 Å². The van der Waals surface area contributed by atoms with Gasteiger partial charge in [0, 0.05) is 18.7 Å². The fraction of sp³-hybridized carbons (Fsp3) is 0.385. The van der Waals surface area contributed by atoms with Gasteiger partial charge < -0.3 is 5.73 Å². The molecule has 1 aliphatic heterocycles. The molecule has 1 heterocycles. The molecule has 4 nitrogen and oxygen atoms in total. The van der Waals surface area contributed by atoms with Gasteiger partial charge in [0.1, 0.15) is 0 Å². The predicted molar refractivity (Wildman–Crippen MR) is 64.6 cm³/mol. The number of hydrogen-bond donors (Lipinski definition) is 1. The Morgan fingerprint density at radius 1 is 1.24 bits per heavy atom. The average molecular weight is 232 g/mol. The monoisotopic (exact) mass is 232 g/mol. The summed E-state index contributed by atoms with van der Waals surface area (Å²) in [6, 6.07) is 7.25. The van der Waals surface area contributed by atoms with Crippen LogP contribution in [-0.2, 0) is 10.2 Å². The highest BCUT2D eigenvalue weighted by Gasteiger charge is 2.43. The zero-order valence-electron chi connectivity index (χ0n) is 10.1. The first-order chi connectivity index (χ1) is 8.00. The summed E-state index contributed by atoms with van der Waals surface area (Å²) in [5.74, 6) is -0.415. The summed E-state index contributed by atoms with van der Waals surface area (Å²) in [5, 5.41) is 0. The summed E-state index contributed by atoms with van der Waals surface area (Å²) in [6.45, 7) is 4.24. The Morgan fingerprint density at radius 3 is 2.53 bits per heavy atom. The zero-order chi connectivity index (χ0) is 12.6. The third-order valence-electron chi connectivity index (χ3n) is 3.21. The van der Waals surface area contributed by atoms with Crippen molar-refractivity contribution >= 4 is 11.8 Å². The van der Waals surface area contributed by atoms with Crippen molar-refractivity contribution in [3.63, 3.8) is 0 Å². The molecule has 2 rings (SSSR count). The van der Waals surface area contributed by atoms with Crippen LogP contribution in [0.2, 0.25) is 0 Å². The lowest BCUT2D eigenvalue weighted by molar-refractivity contribution is -0.134. The number of carbonyl (C=O) groups is 2. The highest BCUT2D eigenvalue weighted by atomic mass is 16.2. The number of hydrogen-bond acceptors (Lipinski definition) is 3. The summed E-state index contributed by atoms with van der Waals surface area (Å²) >= 11 is 0. The summed E-state index contributed by atoms with van der Waals surface area (Å²) in [6.07, 6.45) is 0. The fourth-order valence-electron chi connectivity index (χ4n) is 2.24. The van der Waals surface area contributed by atoms with E-state index in [0.29, 0.717) is 5.56 Å². The molecule has 4 heteroatoms. The highest BCUT2D eigenvalue weighted by Crippen LogP contribution is 2.33. The molecule has 0 aromatic heterocycles. The fourth-order valence-corrected chi connectivity index (χ4v) is 2.24. The third kappa shape index (κ3) is 1.65. The summed E-state index contributed by atoms with van der Waals surface area (Å²) < 4.78 is 0. The van der Waals surface area contributed by atoms with E-state index in [0.717, 1.165) is 5.56 Å². The molecule has 1 aromatic carbocycles. The van der Waals surface area contributed by atoms with Gasteiger partial charge in [0.15, 0.2) is 0 Å². The SMILES string of the molecule is CC1(C)C(=O)N(CCN)C(=O)c2ccccc21. The van der Waals surface area contributed by atoms with Gasteiger partial charge in [-0.1, -0.05) is 18.2 Å². The van der Waals surface area contributed by atoms with Gasteiger partial charge >= 0.3 is 0 Å². The standard InChI is InChI=1S/C13H16N2O2/c1-13(2)10-6-4-3-5-9(10)11(16)15(8-7-14)12(13)17/h3-6H,7-8,14H2,1-2H3. The minimum absolute atomic E-state index is 0.174. The molecule has 0 spiro atoms. The Labute approximate surface area is 100 Å². The van der Waals surface area contributed by atoms with Gasteiger partial charge in [-0.3, -0.25) is 14.5 Å². The van der Waals surface area contributed by atoms with E-state index in [-0.39, 0.29) is 24.9 Å². The van der Waals surface area contributed by atoms with E-state index in [9.17, 15) is 9.59 Å². The molecule has 0 bridgehead atoms. The number of amides is 2. The second-order valence-corrected chi connectivity index (χ2v) is 4.72. The molecule has 1 aliphatic rings. The van der Waals surface area contributed by atoms with Crippen LogP contribution in [0.25, 0.3) is 0 Å². The molecular weight excluding hydrogens is 216 g/mol. The molecule has 0 radical (unpaired) electrons. The molecule has 0 saturated heterocycles. The first-order valence-electron chi connectivity index (χ1n) is 5.66. The number of carbonyl (C=O) groups excluding carboxylic acids is 2. The molecule has 0 aliphatic carbocycles. The molecule has 2 amide bonds. The molecule has 2 N–H and O–H groups in total. The highest BCUT2D eigenvalue weighted by molar-refractivity contribution is 6.12. The van der Waals surface area contributed by atoms with E-state index in [1.54, 1.807) is 6.07 Å². The zero-order valence-corrected chi connectivity index (χ0v) is 10.1. The first-order valence-corrected chi connectivity index (χ1v) is 5.66. The van der Waals surface area contributed by atoms with Crippen LogP contribution in [0.5, 0.6) is 0 Å². The van der Waals surface area contributed by atoms with Gasteiger partial charge in [-0.2, -0.15) is 0 Å². The molecule has 0 atom stereocenters. The number of nitrogens with two attached hydrogens (primary N) is 1. The van der Waals surface area contributed by atoms with Crippen LogP contribution in [0, 0.1) is 0 Å². The Morgan fingerprint density at radius 2 is 1.88 bits per heavy atom.